The first kappa shape index (κ1) is 18.5. The topological polar surface area (TPSA) is 89.8 Å². The van der Waals surface area contributed by atoms with Gasteiger partial charge in [0.05, 0.1) is 23.0 Å². The number of Topliss-reactive ketones (excluding diaryl/α,β-unsaturated/α-hetero) is 1. The third-order valence-corrected chi connectivity index (χ3v) is 6.00. The van der Waals surface area contributed by atoms with Crippen LogP contribution in [0, 0.1) is 0 Å². The van der Waals surface area contributed by atoms with Crippen molar-refractivity contribution in [1.29, 1.82) is 0 Å². The maximum Gasteiger partial charge on any atom is 0.224 e. The summed E-state index contributed by atoms with van der Waals surface area (Å²) in [4.78, 5) is 33.0. The average molecular weight is 415 g/mol. The van der Waals surface area contributed by atoms with Crippen LogP contribution in [0.15, 0.2) is 66.1 Å². The number of para-hydroxylation sites is 1. The highest BCUT2D eigenvalue weighted by Crippen LogP contribution is 2.28. The molecule has 0 bridgehead atoms. The highest BCUT2D eigenvalue weighted by Gasteiger charge is 2.18. The quantitative estimate of drug-likeness (QED) is 0.304. The summed E-state index contributed by atoms with van der Waals surface area (Å²) in [6.07, 6.45) is 4.33. The fraction of sp³-hybridized carbons (Fsp3) is 0.136. The lowest BCUT2D eigenvalue weighted by atomic mass is 9.99. The first-order valence-electron chi connectivity index (χ1n) is 9.52. The molecule has 0 fully saturated rings. The minimum atomic E-state index is 0.0148. The molecule has 148 valence electrons. The van der Waals surface area contributed by atoms with E-state index in [0.29, 0.717) is 24.1 Å². The molecule has 0 atom stereocenters. The summed E-state index contributed by atoms with van der Waals surface area (Å²) in [6, 6.07) is 15.2. The van der Waals surface area contributed by atoms with Gasteiger partial charge >= 0.3 is 0 Å². The summed E-state index contributed by atoms with van der Waals surface area (Å²) in [5.74, 6) is 0.288. The number of amides is 1. The largest absolute Gasteiger partial charge is 0.326 e. The van der Waals surface area contributed by atoms with Crippen molar-refractivity contribution in [2.24, 2.45) is 0 Å². The molecule has 3 heterocycles. The summed E-state index contributed by atoms with van der Waals surface area (Å²) in [6.45, 7) is 0. The highest BCUT2D eigenvalue weighted by atomic mass is 32.2. The Hall–Kier alpha value is -3.52. The molecule has 7 nitrogen and oxygen atoms in total. The lowest BCUT2D eigenvalue weighted by Crippen LogP contribution is -2.19. The minimum absolute atomic E-state index is 0.0148. The van der Waals surface area contributed by atoms with Crippen LogP contribution in [-0.4, -0.2) is 37.2 Å². The number of ketones is 1. The van der Waals surface area contributed by atoms with Gasteiger partial charge in [-0.05, 0) is 42.3 Å². The zero-order valence-corrected chi connectivity index (χ0v) is 16.7. The molecule has 30 heavy (non-hydrogen) atoms. The van der Waals surface area contributed by atoms with Crippen molar-refractivity contribution in [3.05, 3.63) is 72.2 Å². The van der Waals surface area contributed by atoms with Crippen molar-refractivity contribution in [3.63, 3.8) is 0 Å². The van der Waals surface area contributed by atoms with E-state index in [-0.39, 0.29) is 17.4 Å². The molecular formula is C22H17N5O2S. The molecule has 0 spiro atoms. The molecule has 5 rings (SSSR count). The molecule has 8 heteroatoms. The van der Waals surface area contributed by atoms with E-state index >= 15 is 0 Å². The predicted molar refractivity (Wildman–Crippen MR) is 115 cm³/mol. The molecule has 2 aromatic carbocycles. The van der Waals surface area contributed by atoms with Gasteiger partial charge in [-0.25, -0.2) is 14.6 Å². The van der Waals surface area contributed by atoms with Crippen LogP contribution in [0.3, 0.4) is 0 Å². The third-order valence-electron chi connectivity index (χ3n) is 4.99. The number of aromatic nitrogens is 4. The van der Waals surface area contributed by atoms with E-state index in [9.17, 15) is 9.59 Å². The Morgan fingerprint density at radius 2 is 1.97 bits per heavy atom. The third kappa shape index (κ3) is 3.46. The Morgan fingerprint density at radius 1 is 1.10 bits per heavy atom. The molecule has 0 saturated heterocycles. The Morgan fingerprint density at radius 3 is 2.83 bits per heavy atom. The Bertz CT molecular complexity index is 1270. The number of aryl methyl sites for hydroxylation is 1. The summed E-state index contributed by atoms with van der Waals surface area (Å²) in [5.41, 5.74) is 4.05. The van der Waals surface area contributed by atoms with Crippen LogP contribution in [0.2, 0.25) is 0 Å². The number of fused-ring (bicyclic) bond motifs is 2. The molecule has 1 amide bonds. The molecular weight excluding hydrogens is 398 g/mol. The number of hydrogen-bond donors (Lipinski definition) is 1. The van der Waals surface area contributed by atoms with E-state index in [1.807, 2.05) is 36.4 Å². The lowest BCUT2D eigenvalue weighted by molar-refractivity contribution is -0.116. The van der Waals surface area contributed by atoms with Gasteiger partial charge in [-0.15, -0.1) is 0 Å². The lowest BCUT2D eigenvalue weighted by Gasteiger charge is -2.17. The second kappa shape index (κ2) is 7.72. The van der Waals surface area contributed by atoms with Gasteiger partial charge in [-0.1, -0.05) is 30.0 Å². The van der Waals surface area contributed by atoms with E-state index in [0.717, 1.165) is 27.4 Å². The zero-order valence-electron chi connectivity index (χ0n) is 15.9. The second-order valence-electron chi connectivity index (χ2n) is 6.94. The molecule has 0 unspecified atom stereocenters. The number of benzene rings is 2. The van der Waals surface area contributed by atoms with Gasteiger partial charge in [0.25, 0.3) is 0 Å². The van der Waals surface area contributed by atoms with E-state index < -0.39 is 0 Å². The normalized spacial score (nSPS) is 13.1. The maximum absolute atomic E-state index is 12.8. The first-order chi connectivity index (χ1) is 14.7. The standard InChI is InChI=1S/C22H17N5O2S/c28-19(15-6-8-18-14(10-15)7-9-20(29)26-18)12-30-22-17-11-25-27(21(17)23-13-24-22)16-4-2-1-3-5-16/h1-6,8,10-11,13H,7,9,12H2,(H,26,29). The SMILES string of the molecule is O=C1CCc2cc(C(=O)CSc3ncnc4c3cnn4-c3ccccc3)ccc2N1. The number of hydrogen-bond acceptors (Lipinski definition) is 6. The summed E-state index contributed by atoms with van der Waals surface area (Å²) >= 11 is 1.38. The smallest absolute Gasteiger partial charge is 0.224 e. The van der Waals surface area contributed by atoms with Gasteiger partial charge < -0.3 is 5.32 Å². The Labute approximate surface area is 176 Å². The van der Waals surface area contributed by atoms with Crippen molar-refractivity contribution in [3.8, 4) is 5.69 Å². The van der Waals surface area contributed by atoms with E-state index in [1.165, 1.54) is 18.1 Å². The van der Waals surface area contributed by atoms with Crippen molar-refractivity contribution < 1.29 is 9.59 Å². The van der Waals surface area contributed by atoms with Crippen molar-refractivity contribution in [2.45, 2.75) is 17.9 Å². The summed E-state index contributed by atoms with van der Waals surface area (Å²) in [7, 11) is 0. The molecule has 0 saturated carbocycles. The molecule has 1 N–H and O–H groups in total. The van der Waals surface area contributed by atoms with Crippen LogP contribution in [0.4, 0.5) is 5.69 Å². The van der Waals surface area contributed by atoms with E-state index in [2.05, 4.69) is 20.4 Å². The van der Waals surface area contributed by atoms with Crippen LogP contribution in [0.5, 0.6) is 0 Å². The molecule has 1 aliphatic heterocycles. The van der Waals surface area contributed by atoms with Crippen molar-refractivity contribution in [1.82, 2.24) is 19.7 Å². The number of thioether (sulfide) groups is 1. The molecule has 0 radical (unpaired) electrons. The second-order valence-corrected chi connectivity index (χ2v) is 7.90. The highest BCUT2D eigenvalue weighted by molar-refractivity contribution is 8.00. The molecule has 1 aliphatic rings. The number of rotatable bonds is 5. The molecule has 0 aliphatic carbocycles. The monoisotopic (exact) mass is 415 g/mol. The zero-order chi connectivity index (χ0) is 20.5. The Kier molecular flexibility index (Phi) is 4.76. The van der Waals surface area contributed by atoms with Crippen molar-refractivity contribution in [2.75, 3.05) is 11.1 Å². The van der Waals surface area contributed by atoms with Crippen LogP contribution >= 0.6 is 11.8 Å². The Balaban J connectivity index is 1.36. The number of carbonyl (C=O) groups is 2. The van der Waals surface area contributed by atoms with Crippen LogP contribution in [0.1, 0.15) is 22.3 Å². The van der Waals surface area contributed by atoms with Gasteiger partial charge in [0.2, 0.25) is 5.91 Å². The number of carbonyl (C=O) groups excluding carboxylic acids is 2. The average Bonchev–Trinajstić information content (AvgIpc) is 3.22. The number of nitrogens with zero attached hydrogens (tertiary/aromatic N) is 4. The summed E-state index contributed by atoms with van der Waals surface area (Å²) < 4.78 is 1.76. The van der Waals surface area contributed by atoms with Crippen LogP contribution in [-0.2, 0) is 11.2 Å². The number of anilines is 1. The summed E-state index contributed by atoms with van der Waals surface area (Å²) in [5, 5.41) is 8.82. The molecule has 2 aromatic heterocycles. The molecule has 4 aromatic rings. The van der Waals surface area contributed by atoms with Crippen LogP contribution in [0.25, 0.3) is 16.7 Å². The van der Waals surface area contributed by atoms with Crippen molar-refractivity contribution >= 4 is 40.2 Å². The van der Waals surface area contributed by atoms with Crippen LogP contribution < -0.4 is 5.32 Å². The van der Waals surface area contributed by atoms with Gasteiger partial charge in [-0.2, -0.15) is 5.10 Å². The first-order valence-corrected chi connectivity index (χ1v) is 10.5. The van der Waals surface area contributed by atoms with E-state index in [4.69, 9.17) is 0 Å². The fourth-order valence-electron chi connectivity index (χ4n) is 3.47. The van der Waals surface area contributed by atoms with Gasteiger partial charge in [0.15, 0.2) is 11.4 Å². The van der Waals surface area contributed by atoms with Gasteiger partial charge in [0.1, 0.15) is 11.4 Å². The number of nitrogens with one attached hydrogen (secondary N) is 1. The predicted octanol–water partition coefficient (Wildman–Crippen LogP) is 3.68. The maximum atomic E-state index is 12.8. The van der Waals surface area contributed by atoms with E-state index in [1.54, 1.807) is 23.0 Å². The van der Waals surface area contributed by atoms with Gasteiger partial charge in [0, 0.05) is 17.7 Å². The fourth-order valence-corrected chi connectivity index (χ4v) is 4.33. The minimum Gasteiger partial charge on any atom is -0.326 e. The van der Waals surface area contributed by atoms with Gasteiger partial charge in [-0.3, -0.25) is 9.59 Å².